The van der Waals surface area contributed by atoms with Gasteiger partial charge in [-0.3, -0.25) is 0 Å². The van der Waals surface area contributed by atoms with Gasteiger partial charge in [0.05, 0.1) is 6.10 Å². The predicted octanol–water partition coefficient (Wildman–Crippen LogP) is 0.367. The van der Waals surface area contributed by atoms with Crippen molar-refractivity contribution in [3.05, 3.63) is 0 Å². The molecule has 2 bridgehead atoms. The highest BCUT2D eigenvalue weighted by Crippen LogP contribution is 2.30. The SMILES string of the molecule is OC1C[C@H]2CNC[C@H](C1)C2. The number of piperidine rings is 1. The van der Waals surface area contributed by atoms with E-state index in [0.717, 1.165) is 37.8 Å². The first-order chi connectivity index (χ1) is 4.84. The third-order valence-electron chi connectivity index (χ3n) is 2.74. The van der Waals surface area contributed by atoms with Crippen LogP contribution in [0.3, 0.4) is 0 Å². The van der Waals surface area contributed by atoms with Crippen LogP contribution in [0.2, 0.25) is 0 Å². The fourth-order valence-corrected chi connectivity index (χ4v) is 2.35. The van der Waals surface area contributed by atoms with Crippen LogP contribution in [0.15, 0.2) is 0 Å². The summed E-state index contributed by atoms with van der Waals surface area (Å²) in [5.74, 6) is 1.53. The minimum Gasteiger partial charge on any atom is -0.393 e. The minimum absolute atomic E-state index is 0.00542. The zero-order valence-electron chi connectivity index (χ0n) is 6.21. The molecular formula is C8H15NO. The lowest BCUT2D eigenvalue weighted by Gasteiger charge is -2.37. The van der Waals surface area contributed by atoms with Gasteiger partial charge in [0.15, 0.2) is 0 Å². The molecule has 2 aliphatic rings. The van der Waals surface area contributed by atoms with E-state index in [-0.39, 0.29) is 6.10 Å². The topological polar surface area (TPSA) is 32.3 Å². The van der Waals surface area contributed by atoms with E-state index in [1.807, 2.05) is 0 Å². The van der Waals surface area contributed by atoms with Gasteiger partial charge in [-0.15, -0.1) is 0 Å². The van der Waals surface area contributed by atoms with E-state index in [2.05, 4.69) is 5.32 Å². The highest BCUT2D eigenvalue weighted by atomic mass is 16.3. The van der Waals surface area contributed by atoms with E-state index < -0.39 is 0 Å². The van der Waals surface area contributed by atoms with Crippen LogP contribution in [-0.4, -0.2) is 24.3 Å². The smallest absolute Gasteiger partial charge is 0.0546 e. The van der Waals surface area contributed by atoms with Crippen LogP contribution in [0.4, 0.5) is 0 Å². The van der Waals surface area contributed by atoms with Crippen LogP contribution in [0.5, 0.6) is 0 Å². The van der Waals surface area contributed by atoms with Gasteiger partial charge < -0.3 is 10.4 Å². The standard InChI is InChI=1S/C8H15NO/c10-8-2-6-1-7(3-8)5-9-4-6/h6-10H,1-5H2/t6-,7-/m0/s1. The van der Waals surface area contributed by atoms with E-state index >= 15 is 0 Å². The normalized spacial score (nSPS) is 47.1. The van der Waals surface area contributed by atoms with E-state index in [1.54, 1.807) is 0 Å². The fraction of sp³-hybridized carbons (Fsp3) is 1.00. The van der Waals surface area contributed by atoms with Crippen LogP contribution in [-0.2, 0) is 0 Å². The summed E-state index contributed by atoms with van der Waals surface area (Å²) in [5, 5.41) is 12.8. The summed E-state index contributed by atoms with van der Waals surface area (Å²) < 4.78 is 0. The van der Waals surface area contributed by atoms with Crippen LogP contribution in [0.25, 0.3) is 0 Å². The summed E-state index contributed by atoms with van der Waals surface area (Å²) in [7, 11) is 0. The van der Waals surface area contributed by atoms with Crippen LogP contribution >= 0.6 is 0 Å². The summed E-state index contributed by atoms with van der Waals surface area (Å²) >= 11 is 0. The van der Waals surface area contributed by atoms with Gasteiger partial charge in [-0.05, 0) is 44.2 Å². The zero-order chi connectivity index (χ0) is 6.97. The molecule has 1 heterocycles. The molecule has 2 nitrogen and oxygen atoms in total. The molecule has 1 saturated carbocycles. The van der Waals surface area contributed by atoms with Gasteiger partial charge in [0.25, 0.3) is 0 Å². The van der Waals surface area contributed by atoms with Gasteiger partial charge in [-0.1, -0.05) is 0 Å². The molecule has 0 aromatic rings. The van der Waals surface area contributed by atoms with Crippen LogP contribution in [0, 0.1) is 11.8 Å². The average molecular weight is 141 g/mol. The molecule has 2 atom stereocenters. The number of fused-ring (bicyclic) bond motifs is 2. The zero-order valence-corrected chi connectivity index (χ0v) is 6.21. The highest BCUT2D eigenvalue weighted by Gasteiger charge is 2.30. The maximum absolute atomic E-state index is 9.39. The summed E-state index contributed by atoms with van der Waals surface area (Å²) in [5.41, 5.74) is 0. The van der Waals surface area contributed by atoms with Gasteiger partial charge >= 0.3 is 0 Å². The molecule has 2 N–H and O–H groups in total. The lowest BCUT2D eigenvalue weighted by atomic mass is 9.77. The number of rotatable bonds is 0. The van der Waals surface area contributed by atoms with Crippen molar-refractivity contribution in [3.8, 4) is 0 Å². The first-order valence-corrected chi connectivity index (χ1v) is 4.23. The Bertz CT molecular complexity index is 110. The maximum atomic E-state index is 9.39. The van der Waals surface area contributed by atoms with Gasteiger partial charge in [0.1, 0.15) is 0 Å². The highest BCUT2D eigenvalue weighted by molar-refractivity contribution is 4.84. The van der Waals surface area contributed by atoms with Crippen molar-refractivity contribution >= 4 is 0 Å². The van der Waals surface area contributed by atoms with Crippen molar-refractivity contribution in [2.75, 3.05) is 13.1 Å². The predicted molar refractivity (Wildman–Crippen MR) is 39.7 cm³/mol. The Morgan fingerprint density at radius 1 is 1.00 bits per heavy atom. The second-order valence-electron chi connectivity index (χ2n) is 3.75. The van der Waals surface area contributed by atoms with Gasteiger partial charge in [0, 0.05) is 0 Å². The molecule has 1 aliphatic heterocycles. The fourth-order valence-electron chi connectivity index (χ4n) is 2.35. The van der Waals surface area contributed by atoms with Crippen molar-refractivity contribution < 1.29 is 5.11 Å². The third-order valence-corrected chi connectivity index (χ3v) is 2.74. The van der Waals surface area contributed by atoms with Crippen LogP contribution < -0.4 is 5.32 Å². The molecule has 2 fully saturated rings. The molecule has 0 amide bonds. The Kier molecular flexibility index (Phi) is 1.66. The van der Waals surface area contributed by atoms with Gasteiger partial charge in [-0.2, -0.15) is 0 Å². The molecule has 0 aromatic carbocycles. The van der Waals surface area contributed by atoms with Crippen molar-refractivity contribution in [3.63, 3.8) is 0 Å². The lowest BCUT2D eigenvalue weighted by molar-refractivity contribution is 0.0535. The van der Waals surface area contributed by atoms with Gasteiger partial charge in [-0.25, -0.2) is 0 Å². The lowest BCUT2D eigenvalue weighted by Crippen LogP contribution is -2.42. The summed E-state index contributed by atoms with van der Waals surface area (Å²) in [6.45, 7) is 2.26. The van der Waals surface area contributed by atoms with E-state index in [4.69, 9.17) is 0 Å². The Morgan fingerprint density at radius 2 is 1.60 bits per heavy atom. The second kappa shape index (κ2) is 2.51. The molecule has 58 valence electrons. The number of aliphatic hydroxyl groups is 1. The number of nitrogens with one attached hydrogen (secondary N) is 1. The molecular weight excluding hydrogens is 126 g/mol. The molecule has 0 unspecified atom stereocenters. The number of aliphatic hydroxyl groups excluding tert-OH is 1. The summed E-state index contributed by atoms with van der Waals surface area (Å²) in [4.78, 5) is 0. The van der Waals surface area contributed by atoms with Crippen molar-refractivity contribution in [2.45, 2.75) is 25.4 Å². The minimum atomic E-state index is 0.00542. The molecule has 1 aliphatic carbocycles. The molecule has 10 heavy (non-hydrogen) atoms. The van der Waals surface area contributed by atoms with Crippen LogP contribution in [0.1, 0.15) is 19.3 Å². The average Bonchev–Trinajstić information content (AvgIpc) is 1.85. The summed E-state index contributed by atoms with van der Waals surface area (Å²) in [6, 6.07) is 0. The van der Waals surface area contributed by atoms with Crippen molar-refractivity contribution in [1.29, 1.82) is 0 Å². The molecule has 0 aromatic heterocycles. The Morgan fingerprint density at radius 3 is 2.20 bits per heavy atom. The van der Waals surface area contributed by atoms with Crippen molar-refractivity contribution in [1.82, 2.24) is 5.32 Å². The Balaban J connectivity index is 1.98. The first-order valence-electron chi connectivity index (χ1n) is 4.23. The monoisotopic (exact) mass is 141 g/mol. The van der Waals surface area contributed by atoms with Gasteiger partial charge in [0.2, 0.25) is 0 Å². The van der Waals surface area contributed by atoms with Crippen molar-refractivity contribution in [2.24, 2.45) is 11.8 Å². The number of hydrogen-bond donors (Lipinski definition) is 2. The van der Waals surface area contributed by atoms with E-state index in [9.17, 15) is 5.11 Å². The number of hydrogen-bond acceptors (Lipinski definition) is 2. The molecule has 1 saturated heterocycles. The molecule has 2 heteroatoms. The largest absolute Gasteiger partial charge is 0.393 e. The Hall–Kier alpha value is -0.0800. The second-order valence-corrected chi connectivity index (χ2v) is 3.75. The van der Waals surface area contributed by atoms with E-state index in [0.29, 0.717) is 0 Å². The summed E-state index contributed by atoms with van der Waals surface area (Å²) in [6.07, 6.45) is 3.42. The third kappa shape index (κ3) is 1.18. The first kappa shape index (κ1) is 6.62. The van der Waals surface area contributed by atoms with E-state index in [1.165, 1.54) is 6.42 Å². The molecule has 0 spiro atoms. The quantitative estimate of drug-likeness (QED) is 0.510. The molecule has 2 rings (SSSR count). The Labute approximate surface area is 61.6 Å². The maximum Gasteiger partial charge on any atom is 0.0546 e. The molecule has 0 radical (unpaired) electrons.